The first-order chi connectivity index (χ1) is 10.1. The maximum Gasteiger partial charge on any atom is 0.364 e. The second kappa shape index (κ2) is 6.69. The van der Waals surface area contributed by atoms with Gasteiger partial charge in [-0.25, -0.2) is 18.7 Å². The molecule has 2 rings (SSSR count). The topological polar surface area (TPSA) is 61.4 Å². The third-order valence-electron chi connectivity index (χ3n) is 2.96. The Labute approximate surface area is 122 Å². The average Bonchev–Trinajstić information content (AvgIpc) is 2.92. The fourth-order valence-electron chi connectivity index (χ4n) is 1.88. The molecule has 0 saturated carbocycles. The molecule has 0 spiro atoms. The monoisotopic (exact) mass is 289 g/mol. The van der Waals surface area contributed by atoms with Crippen molar-refractivity contribution < 1.29 is 23.6 Å². The molecule has 1 atom stereocenters. The van der Waals surface area contributed by atoms with E-state index in [0.717, 1.165) is 5.56 Å². The Bertz CT molecular complexity index is 622. The molecule has 0 unspecified atom stereocenters. The largest absolute Gasteiger partial charge is 0.465 e. The second-order valence-electron chi connectivity index (χ2n) is 4.55. The van der Waals surface area contributed by atoms with Gasteiger partial charge in [0.15, 0.2) is 0 Å². The molecule has 21 heavy (non-hydrogen) atoms. The Morgan fingerprint density at radius 2 is 1.95 bits per heavy atom. The molecule has 0 aliphatic heterocycles. The summed E-state index contributed by atoms with van der Waals surface area (Å²) in [5.41, 5.74) is 0.854. The van der Waals surface area contributed by atoms with Gasteiger partial charge in [0.1, 0.15) is 19.0 Å². The van der Waals surface area contributed by atoms with Crippen LogP contribution in [0.3, 0.4) is 0 Å². The molecule has 0 N–H and O–H groups in total. The van der Waals surface area contributed by atoms with Crippen LogP contribution < -0.4 is 4.57 Å². The number of aromatic nitrogens is 2. The molecule has 110 valence electrons. The molecule has 0 fully saturated rings. The Kier molecular flexibility index (Phi) is 4.71. The molecule has 0 bridgehead atoms. The summed E-state index contributed by atoms with van der Waals surface area (Å²) >= 11 is 0. The molecule has 1 aromatic heterocycles. The molecule has 1 aromatic carbocycles. The van der Waals surface area contributed by atoms with Gasteiger partial charge in [0.05, 0.1) is 14.2 Å². The van der Waals surface area contributed by atoms with Crippen LogP contribution in [-0.2, 0) is 32.7 Å². The summed E-state index contributed by atoms with van der Waals surface area (Å²) in [7, 11) is 3.03. The Morgan fingerprint density at radius 1 is 1.24 bits per heavy atom. The van der Waals surface area contributed by atoms with Gasteiger partial charge >= 0.3 is 11.9 Å². The van der Waals surface area contributed by atoms with Crippen LogP contribution in [0.5, 0.6) is 0 Å². The standard InChI is InChI=1S/C15H17N2O4/c1-16-8-9-17(11-16)13(14(18)20-2)15(19)21-10-12-6-4-3-5-7-12/h3-9,11,13H,10H2,1-2H3/q+1/t13-/m1/s1. The molecule has 0 radical (unpaired) electrons. The van der Waals surface area contributed by atoms with Gasteiger partial charge in [-0.3, -0.25) is 0 Å². The number of nitrogens with zero attached hydrogens (tertiary/aromatic N) is 2. The van der Waals surface area contributed by atoms with E-state index in [-0.39, 0.29) is 6.61 Å². The quantitative estimate of drug-likeness (QED) is 0.463. The molecule has 0 aliphatic rings. The lowest BCUT2D eigenvalue weighted by Gasteiger charge is -2.11. The molecule has 6 heteroatoms. The third kappa shape index (κ3) is 3.68. The summed E-state index contributed by atoms with van der Waals surface area (Å²) in [6.45, 7) is 0.112. The molecule has 0 aliphatic carbocycles. The van der Waals surface area contributed by atoms with E-state index in [1.807, 2.05) is 30.3 Å². The van der Waals surface area contributed by atoms with Gasteiger partial charge in [-0.2, -0.15) is 0 Å². The molecule has 0 amide bonds. The van der Waals surface area contributed by atoms with Crippen LogP contribution >= 0.6 is 0 Å². The smallest absolute Gasteiger partial charge is 0.364 e. The zero-order valence-electron chi connectivity index (χ0n) is 11.9. The third-order valence-corrected chi connectivity index (χ3v) is 2.96. The lowest BCUT2D eigenvalue weighted by molar-refractivity contribution is -0.671. The maximum atomic E-state index is 12.2. The number of ether oxygens (including phenoxy) is 2. The number of aryl methyl sites for hydroxylation is 1. The van der Waals surface area contributed by atoms with Crippen LogP contribution in [-0.4, -0.2) is 23.6 Å². The number of hydrogen-bond acceptors (Lipinski definition) is 4. The molecule has 0 saturated heterocycles. The molecule has 6 nitrogen and oxygen atoms in total. The van der Waals surface area contributed by atoms with Crippen LogP contribution in [0.1, 0.15) is 11.6 Å². The number of imidazole rings is 1. The van der Waals surface area contributed by atoms with Crippen molar-refractivity contribution in [3.8, 4) is 0 Å². The minimum absolute atomic E-state index is 0.112. The number of hydrogen-bond donors (Lipinski definition) is 0. The maximum absolute atomic E-state index is 12.2. The predicted octanol–water partition coefficient (Wildman–Crippen LogP) is 0.770. The van der Waals surface area contributed by atoms with Crippen molar-refractivity contribution in [2.75, 3.05) is 7.11 Å². The molecule has 2 aromatic rings. The van der Waals surface area contributed by atoms with Crippen LogP contribution in [0.25, 0.3) is 0 Å². The Balaban J connectivity index is 2.10. The highest BCUT2D eigenvalue weighted by molar-refractivity contribution is 5.97. The first-order valence-corrected chi connectivity index (χ1v) is 6.43. The summed E-state index contributed by atoms with van der Waals surface area (Å²) in [5, 5.41) is 0. The summed E-state index contributed by atoms with van der Waals surface area (Å²) in [6, 6.07) is 8.13. The Morgan fingerprint density at radius 3 is 2.52 bits per heavy atom. The number of carbonyl (C=O) groups excluding carboxylic acids is 2. The highest BCUT2D eigenvalue weighted by atomic mass is 16.6. The van der Waals surface area contributed by atoms with E-state index < -0.39 is 18.0 Å². The highest BCUT2D eigenvalue weighted by Gasteiger charge is 2.35. The first kappa shape index (κ1) is 14.8. The minimum atomic E-state index is -1.14. The van der Waals surface area contributed by atoms with Crippen molar-refractivity contribution in [1.29, 1.82) is 0 Å². The van der Waals surface area contributed by atoms with E-state index in [0.29, 0.717) is 0 Å². The zero-order valence-corrected chi connectivity index (χ0v) is 11.9. The van der Waals surface area contributed by atoms with Gasteiger partial charge in [-0.1, -0.05) is 30.3 Å². The van der Waals surface area contributed by atoms with E-state index >= 15 is 0 Å². The van der Waals surface area contributed by atoms with Crippen molar-refractivity contribution >= 4 is 11.9 Å². The van der Waals surface area contributed by atoms with Crippen LogP contribution in [0.4, 0.5) is 0 Å². The van der Waals surface area contributed by atoms with Gasteiger partial charge in [-0.05, 0) is 5.56 Å². The van der Waals surface area contributed by atoms with Gasteiger partial charge in [-0.15, -0.1) is 0 Å². The van der Waals surface area contributed by atoms with Gasteiger partial charge in [0.25, 0.3) is 6.04 Å². The minimum Gasteiger partial charge on any atom is -0.465 e. The zero-order chi connectivity index (χ0) is 15.2. The van der Waals surface area contributed by atoms with Crippen molar-refractivity contribution in [2.24, 2.45) is 7.05 Å². The number of carbonyl (C=O) groups is 2. The number of methoxy groups -OCH3 is 1. The van der Waals surface area contributed by atoms with Crippen molar-refractivity contribution in [2.45, 2.75) is 12.6 Å². The fourth-order valence-corrected chi connectivity index (χ4v) is 1.88. The Hall–Kier alpha value is -2.63. The average molecular weight is 289 g/mol. The number of benzene rings is 1. The summed E-state index contributed by atoms with van der Waals surface area (Å²) in [6.07, 6.45) is 4.96. The highest BCUT2D eigenvalue weighted by Crippen LogP contribution is 2.12. The molecular weight excluding hydrogens is 272 g/mol. The summed E-state index contributed by atoms with van der Waals surface area (Å²) < 4.78 is 13.1. The summed E-state index contributed by atoms with van der Waals surface area (Å²) in [4.78, 5) is 24.0. The predicted molar refractivity (Wildman–Crippen MR) is 72.9 cm³/mol. The second-order valence-corrected chi connectivity index (χ2v) is 4.55. The van der Waals surface area contributed by atoms with E-state index in [4.69, 9.17) is 4.74 Å². The first-order valence-electron chi connectivity index (χ1n) is 6.43. The van der Waals surface area contributed by atoms with Gasteiger partial charge < -0.3 is 9.47 Å². The summed E-state index contributed by atoms with van der Waals surface area (Å²) in [5.74, 6) is -1.31. The van der Waals surface area contributed by atoms with Crippen LogP contribution in [0.15, 0.2) is 49.1 Å². The number of esters is 2. The van der Waals surface area contributed by atoms with E-state index in [1.165, 1.54) is 11.7 Å². The fraction of sp³-hybridized carbons (Fsp3) is 0.267. The lowest BCUT2D eigenvalue weighted by Crippen LogP contribution is -2.32. The van der Waals surface area contributed by atoms with Crippen LogP contribution in [0, 0.1) is 0 Å². The van der Waals surface area contributed by atoms with Crippen molar-refractivity contribution in [1.82, 2.24) is 4.57 Å². The van der Waals surface area contributed by atoms with E-state index in [9.17, 15) is 9.59 Å². The number of rotatable bonds is 5. The van der Waals surface area contributed by atoms with Crippen molar-refractivity contribution in [3.63, 3.8) is 0 Å². The van der Waals surface area contributed by atoms with Crippen LogP contribution in [0.2, 0.25) is 0 Å². The normalized spacial score (nSPS) is 11.7. The van der Waals surface area contributed by atoms with Gasteiger partial charge in [0.2, 0.25) is 6.33 Å². The SMILES string of the molecule is COC(=O)[C@H](C(=O)OCc1ccccc1)n1cc[n+](C)c1. The lowest BCUT2D eigenvalue weighted by atomic mass is 10.2. The van der Waals surface area contributed by atoms with Crippen molar-refractivity contribution in [3.05, 3.63) is 54.6 Å². The van der Waals surface area contributed by atoms with E-state index in [2.05, 4.69) is 4.74 Å². The van der Waals surface area contributed by atoms with Gasteiger partial charge in [0, 0.05) is 0 Å². The molecule has 1 heterocycles. The molecular formula is C15H17N2O4+. The van der Waals surface area contributed by atoms with E-state index in [1.54, 1.807) is 30.3 Å².